The zero-order valence-electron chi connectivity index (χ0n) is 19.8. The summed E-state index contributed by atoms with van der Waals surface area (Å²) in [5.41, 5.74) is 12.3. The Morgan fingerprint density at radius 1 is 1.16 bits per heavy atom. The fraction of sp³-hybridized carbons (Fsp3) is 0.250. The minimum absolute atomic E-state index is 0.0455. The van der Waals surface area contributed by atoms with Crippen molar-refractivity contribution in [3.05, 3.63) is 64.8 Å². The van der Waals surface area contributed by atoms with Crippen molar-refractivity contribution in [2.45, 2.75) is 19.1 Å². The van der Waals surface area contributed by atoms with Gasteiger partial charge in [0, 0.05) is 17.8 Å². The topological polar surface area (TPSA) is 181 Å². The summed E-state index contributed by atoms with van der Waals surface area (Å²) in [5, 5.41) is 20.6. The molecule has 3 rings (SSSR count). The number of nitrogens with one attached hydrogen (secondary N) is 1. The van der Waals surface area contributed by atoms with E-state index in [1.54, 1.807) is 6.92 Å². The summed E-state index contributed by atoms with van der Waals surface area (Å²) in [6, 6.07) is 10.5. The number of aromatic nitrogens is 1. The molecule has 0 bridgehead atoms. The van der Waals surface area contributed by atoms with E-state index in [-0.39, 0.29) is 34.5 Å². The number of aliphatic hydroxyl groups is 2. The molecule has 37 heavy (non-hydrogen) atoms. The number of carbonyl (C=O) groups is 3. The highest BCUT2D eigenvalue weighted by molar-refractivity contribution is 7.18. The van der Waals surface area contributed by atoms with Crippen molar-refractivity contribution < 1.29 is 33.7 Å². The van der Waals surface area contributed by atoms with Crippen LogP contribution in [0.15, 0.2) is 48.5 Å². The lowest BCUT2D eigenvalue weighted by atomic mass is 10.1. The van der Waals surface area contributed by atoms with Crippen molar-refractivity contribution in [3.63, 3.8) is 0 Å². The quantitative estimate of drug-likeness (QED) is 0.213. The van der Waals surface area contributed by atoms with Crippen molar-refractivity contribution >= 4 is 45.6 Å². The first-order chi connectivity index (χ1) is 17.6. The Morgan fingerprint density at radius 3 is 2.41 bits per heavy atom. The number of ether oxygens (including phenoxy) is 1. The van der Waals surface area contributed by atoms with Gasteiger partial charge in [-0.1, -0.05) is 11.3 Å². The molecule has 2 atom stereocenters. The third kappa shape index (κ3) is 7.00. The number of carbonyl (C=O) groups excluding carboxylic acids is 3. The number of nitrogens with zero attached hydrogens (tertiary/aromatic N) is 2. The number of benzene rings is 2. The Hall–Kier alpha value is -4.07. The molecule has 11 nitrogen and oxygen atoms in total. The van der Waals surface area contributed by atoms with Crippen molar-refractivity contribution in [2.24, 2.45) is 5.73 Å². The molecule has 2 amide bonds. The smallest absolute Gasteiger partial charge is 0.258 e. The van der Waals surface area contributed by atoms with E-state index in [0.717, 1.165) is 11.3 Å². The van der Waals surface area contributed by atoms with Gasteiger partial charge in [-0.25, -0.2) is 9.37 Å². The van der Waals surface area contributed by atoms with E-state index in [4.69, 9.17) is 21.3 Å². The standard InChI is InChI=1S/C24H26FN5O6S/c1-13(23(27)35)30(16-6-4-15(25)5-7-16)24-29-22(26)21(37-24)20(34)14-2-8-18(9-3-14)36-12-19(33)28-10-17(32)11-31/h2-9,13,17,31-32H,10-12,26H2,1H3,(H2,27,35)(H,28,33). The SMILES string of the molecule is CC(C(N)=O)N(c1ccc(F)cc1)c1nc(N)c(C(=O)c2ccc(OCC(=O)NCC(O)CO)cc2)s1. The molecule has 13 heteroatoms. The summed E-state index contributed by atoms with van der Waals surface area (Å²) in [4.78, 5) is 42.7. The monoisotopic (exact) mass is 531 g/mol. The van der Waals surface area contributed by atoms with Crippen LogP contribution in [0.1, 0.15) is 22.2 Å². The van der Waals surface area contributed by atoms with E-state index >= 15 is 0 Å². The first-order valence-electron chi connectivity index (χ1n) is 11.0. The molecule has 0 saturated carbocycles. The number of anilines is 3. The second-order valence-corrected chi connectivity index (χ2v) is 8.90. The summed E-state index contributed by atoms with van der Waals surface area (Å²) in [7, 11) is 0. The fourth-order valence-electron chi connectivity index (χ4n) is 3.14. The molecule has 7 N–H and O–H groups in total. The number of amides is 2. The van der Waals surface area contributed by atoms with Crippen molar-refractivity contribution in [3.8, 4) is 5.75 Å². The van der Waals surface area contributed by atoms with E-state index in [0.29, 0.717) is 11.4 Å². The maximum absolute atomic E-state index is 13.4. The van der Waals surface area contributed by atoms with E-state index < -0.39 is 42.2 Å². The Bertz CT molecular complexity index is 1250. The summed E-state index contributed by atoms with van der Waals surface area (Å²) < 4.78 is 18.8. The van der Waals surface area contributed by atoms with Gasteiger partial charge >= 0.3 is 0 Å². The lowest BCUT2D eigenvalue weighted by Gasteiger charge is -2.26. The molecule has 0 aliphatic rings. The molecule has 0 aliphatic carbocycles. The second kappa shape index (κ2) is 12.3. The number of halogens is 1. The maximum Gasteiger partial charge on any atom is 0.258 e. The van der Waals surface area contributed by atoms with Crippen LogP contribution >= 0.6 is 11.3 Å². The first-order valence-corrected chi connectivity index (χ1v) is 11.9. The third-order valence-corrected chi connectivity index (χ3v) is 6.26. The van der Waals surface area contributed by atoms with Crippen molar-refractivity contribution in [1.82, 2.24) is 10.3 Å². The van der Waals surface area contributed by atoms with Crippen molar-refractivity contribution in [1.29, 1.82) is 0 Å². The maximum atomic E-state index is 13.4. The first kappa shape index (κ1) is 27.5. The normalized spacial score (nSPS) is 12.4. The number of rotatable bonds is 12. The van der Waals surface area contributed by atoms with E-state index in [2.05, 4.69) is 10.3 Å². The Morgan fingerprint density at radius 2 is 1.81 bits per heavy atom. The molecule has 1 aromatic heterocycles. The highest BCUT2D eigenvalue weighted by Crippen LogP contribution is 2.36. The van der Waals surface area contributed by atoms with Gasteiger partial charge in [0.05, 0.1) is 12.7 Å². The van der Waals surface area contributed by atoms with E-state index in [1.165, 1.54) is 53.4 Å². The average molecular weight is 532 g/mol. The van der Waals surface area contributed by atoms with Crippen LogP contribution < -0.4 is 26.4 Å². The lowest BCUT2D eigenvalue weighted by Crippen LogP contribution is -2.39. The Kier molecular flexibility index (Phi) is 9.11. The third-order valence-electron chi connectivity index (χ3n) is 5.19. The molecule has 3 aromatic rings. The highest BCUT2D eigenvalue weighted by atomic mass is 32.1. The second-order valence-electron chi connectivity index (χ2n) is 7.92. The zero-order valence-corrected chi connectivity index (χ0v) is 20.6. The number of nitrogen functional groups attached to an aromatic ring is 1. The zero-order chi connectivity index (χ0) is 27.1. The number of nitrogens with two attached hydrogens (primary N) is 2. The molecule has 2 aromatic carbocycles. The van der Waals surface area contributed by atoms with Gasteiger partial charge in [-0.05, 0) is 55.5 Å². The van der Waals surface area contributed by atoms with Gasteiger partial charge in [-0.2, -0.15) is 0 Å². The van der Waals surface area contributed by atoms with Crippen LogP contribution in [0.25, 0.3) is 0 Å². The summed E-state index contributed by atoms with van der Waals surface area (Å²) >= 11 is 0.960. The Labute approximate surface area is 215 Å². The molecular formula is C24H26FN5O6S. The van der Waals surface area contributed by atoms with Crippen LogP contribution in [0.4, 0.5) is 21.0 Å². The molecule has 0 saturated heterocycles. The van der Waals surface area contributed by atoms with Crippen LogP contribution in [0, 0.1) is 5.82 Å². The van der Waals surface area contributed by atoms with Crippen molar-refractivity contribution in [2.75, 3.05) is 30.4 Å². The largest absolute Gasteiger partial charge is 0.484 e. The van der Waals surface area contributed by atoms with Crippen LogP contribution in [0.5, 0.6) is 5.75 Å². The number of aliphatic hydroxyl groups excluding tert-OH is 2. The van der Waals surface area contributed by atoms with Gasteiger partial charge in [0.2, 0.25) is 11.7 Å². The van der Waals surface area contributed by atoms with Gasteiger partial charge in [-0.15, -0.1) is 0 Å². The minimum Gasteiger partial charge on any atom is -0.484 e. The fourth-order valence-corrected chi connectivity index (χ4v) is 4.19. The minimum atomic E-state index is -1.06. The molecular weight excluding hydrogens is 505 g/mol. The van der Waals surface area contributed by atoms with Gasteiger partial charge in [0.1, 0.15) is 28.3 Å². The molecule has 0 fully saturated rings. The highest BCUT2D eigenvalue weighted by Gasteiger charge is 2.27. The molecule has 0 radical (unpaired) electrons. The van der Waals surface area contributed by atoms with Gasteiger partial charge in [0.15, 0.2) is 11.7 Å². The number of hydrogen-bond donors (Lipinski definition) is 5. The molecule has 1 heterocycles. The van der Waals surface area contributed by atoms with E-state index in [1.807, 2.05) is 0 Å². The Balaban J connectivity index is 1.75. The van der Waals surface area contributed by atoms with E-state index in [9.17, 15) is 23.9 Å². The number of thiazole rings is 1. The van der Waals surface area contributed by atoms with Crippen LogP contribution in [-0.4, -0.2) is 64.7 Å². The van der Waals surface area contributed by atoms with Crippen LogP contribution in [-0.2, 0) is 9.59 Å². The summed E-state index contributed by atoms with van der Waals surface area (Å²) in [6.45, 7) is 0.643. The average Bonchev–Trinajstić information content (AvgIpc) is 3.27. The molecule has 2 unspecified atom stereocenters. The number of hydrogen-bond acceptors (Lipinski definition) is 10. The number of primary amides is 1. The molecule has 196 valence electrons. The van der Waals surface area contributed by atoms with Gasteiger partial charge < -0.3 is 36.6 Å². The number of ketones is 1. The summed E-state index contributed by atoms with van der Waals surface area (Å²) in [5.74, 6) is -1.75. The molecule has 0 aliphatic heterocycles. The molecule has 0 spiro atoms. The summed E-state index contributed by atoms with van der Waals surface area (Å²) in [6.07, 6.45) is -1.06. The predicted molar refractivity (Wildman–Crippen MR) is 135 cm³/mol. The lowest BCUT2D eigenvalue weighted by molar-refractivity contribution is -0.123. The van der Waals surface area contributed by atoms with Crippen LogP contribution in [0.2, 0.25) is 0 Å². The van der Waals surface area contributed by atoms with Gasteiger partial charge in [-0.3, -0.25) is 14.4 Å². The van der Waals surface area contributed by atoms with Crippen LogP contribution in [0.3, 0.4) is 0 Å². The van der Waals surface area contributed by atoms with Gasteiger partial charge in [0.25, 0.3) is 5.91 Å². The predicted octanol–water partition coefficient (Wildman–Crippen LogP) is 0.956.